The Morgan fingerprint density at radius 1 is 0.839 bits per heavy atom. The van der Waals surface area contributed by atoms with Crippen LogP contribution in [-0.2, 0) is 46.5 Å². The number of likely N-dealkylation sites (N-methyl/N-ethyl adjacent to an activating group) is 1. The third-order valence-electron chi connectivity index (χ3n) is 18.4. The van der Waals surface area contributed by atoms with Gasteiger partial charge >= 0.3 is 12.0 Å². The number of carbonyl (C=O) groups is 7. The van der Waals surface area contributed by atoms with Crippen molar-refractivity contribution in [2.45, 2.75) is 130 Å². The number of rotatable bonds is 30. The lowest BCUT2D eigenvalue weighted by Crippen LogP contribution is -2.64. The number of aromatic nitrogens is 6. The van der Waals surface area contributed by atoms with Crippen LogP contribution in [0.2, 0.25) is 0 Å². The monoisotopic (exact) mass is 1290 g/mol. The van der Waals surface area contributed by atoms with Crippen LogP contribution < -0.4 is 37.2 Å². The van der Waals surface area contributed by atoms with Crippen molar-refractivity contribution >= 4 is 91.4 Å². The number of para-hydroxylation sites is 1. The number of fused-ring (bicyclic) bond motifs is 1. The highest BCUT2D eigenvalue weighted by atomic mass is 32.1. The fraction of sp³-hybridized carbons (Fsp3) is 0.493. The second-order valence-electron chi connectivity index (χ2n) is 27.6. The van der Waals surface area contributed by atoms with Crippen LogP contribution in [0.4, 0.5) is 33.1 Å². The van der Waals surface area contributed by atoms with Crippen LogP contribution >= 0.6 is 11.3 Å². The van der Waals surface area contributed by atoms with Crippen LogP contribution in [0, 0.1) is 36.0 Å². The predicted octanol–water partition coefficient (Wildman–Crippen LogP) is 7.93. The number of carboxylic acid groups (broad SMARTS) is 1. The topological polar surface area (TPSA) is 320 Å². The summed E-state index contributed by atoms with van der Waals surface area (Å²) in [7, 11) is 6.15. The average molecular weight is 1290 g/mol. The average Bonchev–Trinajstić information content (AvgIpc) is 0.993. The molecule has 4 bridgehead atoms. The van der Waals surface area contributed by atoms with Crippen LogP contribution in [0.5, 0.6) is 0 Å². The van der Waals surface area contributed by atoms with E-state index in [1.165, 1.54) is 23.5 Å². The number of nitrogens with two attached hydrogens (primary N) is 1. The number of nitrogens with one attached hydrogen (secondary N) is 5. The molecule has 93 heavy (non-hydrogen) atoms. The van der Waals surface area contributed by atoms with Crippen molar-refractivity contribution in [3.05, 3.63) is 108 Å². The SMILES string of the molecule is Cc1cc(N(C)c2ccc(-c3cnn(CC45CC6(OCC[N+](C)(C)Cc7ccc(NC(=O)[C@H](CCCNC(N)=O)NC(=O)[C@@H](NC(=O)CCOCCN8C(=O)C=CC8=O)C(C)C)cc7)C[C@](C)(C4)C[C@](C)(C5)C6)c3C)c(C(=O)O)n2)nnc1Nc1nc2ccccc2s1. The number of benzene rings is 2. The first-order chi connectivity index (χ1) is 44.1. The Bertz CT molecular complexity index is 3780. The Hall–Kier alpha value is -8.72. The second-order valence-corrected chi connectivity index (χ2v) is 28.6. The molecule has 26 heteroatoms. The maximum Gasteiger partial charge on any atom is 0.355 e. The Morgan fingerprint density at radius 2 is 1.56 bits per heavy atom. The van der Waals surface area contributed by atoms with Crippen molar-refractivity contribution in [1.82, 2.24) is 50.8 Å². The number of amides is 7. The van der Waals surface area contributed by atoms with Crippen LogP contribution in [0.3, 0.4) is 0 Å². The van der Waals surface area contributed by atoms with Gasteiger partial charge in [0.2, 0.25) is 17.7 Å². The molecule has 0 radical (unpaired) electrons. The van der Waals surface area contributed by atoms with E-state index in [1.54, 1.807) is 44.1 Å². The van der Waals surface area contributed by atoms with E-state index >= 15 is 0 Å². The predicted molar refractivity (Wildman–Crippen MR) is 352 cm³/mol. The molecule has 6 aromatic rings. The highest BCUT2D eigenvalue weighted by Crippen LogP contribution is 2.72. The summed E-state index contributed by atoms with van der Waals surface area (Å²) in [5.41, 5.74) is 10.3. The van der Waals surface area contributed by atoms with Crippen LogP contribution in [0.1, 0.15) is 113 Å². The highest BCUT2D eigenvalue weighted by Gasteiger charge is 2.66. The summed E-state index contributed by atoms with van der Waals surface area (Å²) in [5, 5.41) is 39.6. The number of nitrogens with zero attached hydrogens (tertiary/aromatic N) is 9. The largest absolute Gasteiger partial charge is 0.476 e. The Balaban J connectivity index is 0.734. The number of primary amides is 1. The van der Waals surface area contributed by atoms with Gasteiger partial charge in [0, 0.05) is 66.8 Å². The molecule has 4 aromatic heterocycles. The number of hydrogen-bond acceptors (Lipinski definition) is 17. The number of anilines is 5. The van der Waals surface area contributed by atoms with E-state index in [9.17, 15) is 38.7 Å². The summed E-state index contributed by atoms with van der Waals surface area (Å²) >= 11 is 1.53. The fourth-order valence-corrected chi connectivity index (χ4v) is 16.0. The van der Waals surface area contributed by atoms with Crippen molar-refractivity contribution in [2.75, 3.05) is 76.1 Å². The zero-order valence-electron chi connectivity index (χ0n) is 54.5. The number of aromatic carboxylic acids is 1. The second kappa shape index (κ2) is 27.5. The van der Waals surface area contributed by atoms with Gasteiger partial charge < -0.3 is 56.3 Å². The van der Waals surface area contributed by atoms with E-state index in [-0.39, 0.29) is 72.6 Å². The molecule has 4 saturated carbocycles. The van der Waals surface area contributed by atoms with E-state index in [2.05, 4.69) is 79.4 Å². The first-order valence-corrected chi connectivity index (χ1v) is 32.5. The Labute approximate surface area is 545 Å². The lowest BCUT2D eigenvalue weighted by Gasteiger charge is -2.69. The molecular formula is C67H86N15O10S+. The van der Waals surface area contributed by atoms with E-state index in [0.29, 0.717) is 70.0 Å². The van der Waals surface area contributed by atoms with Gasteiger partial charge in [-0.25, -0.2) is 19.6 Å². The maximum absolute atomic E-state index is 13.9. The number of carboxylic acids is 1. The number of ether oxygens (including phenoxy) is 2. The lowest BCUT2D eigenvalue weighted by atomic mass is 9.39. The number of urea groups is 1. The van der Waals surface area contributed by atoms with Crippen molar-refractivity contribution in [1.29, 1.82) is 0 Å². The van der Waals surface area contributed by atoms with Gasteiger partial charge in [-0.05, 0) is 135 Å². The van der Waals surface area contributed by atoms with Crippen molar-refractivity contribution in [3.63, 3.8) is 0 Å². The molecule has 8 N–H and O–H groups in total. The van der Waals surface area contributed by atoms with E-state index < -0.39 is 53.6 Å². The molecular weight excluding hydrogens is 1210 g/mol. The molecule has 11 rings (SSSR count). The van der Waals surface area contributed by atoms with Gasteiger partial charge in [-0.2, -0.15) is 5.10 Å². The molecule has 2 aromatic carbocycles. The normalized spacial score (nSPS) is 21.3. The van der Waals surface area contributed by atoms with E-state index in [1.807, 2.05) is 68.4 Å². The van der Waals surface area contributed by atoms with Crippen molar-refractivity contribution in [3.8, 4) is 11.1 Å². The lowest BCUT2D eigenvalue weighted by molar-refractivity contribution is -0.904. The first-order valence-electron chi connectivity index (χ1n) is 31.7. The standard InChI is InChI=1S/C67H85N15O10S/c1-41(2)56(75-53(83)24-28-91-29-26-80-54(84)22-23-55(80)85)60(87)72-49(14-12-25-69-62(68)90)59(86)71-45-18-16-44(17-19-45)33-82(8,9)27-30-92-67-37-64(5)34-65(6,38-67)36-66(35-64,39-67)40-81-43(4)47(32-70-81)46-20-21-51(74-57(46)61(88)89)79(7)52-31-42(3)58(78-77-52)76-63-73-48-13-10-11-15-50(48)93-63/h10-11,13,15-23,31-32,41,49,56H,12,14,24-30,33-40H2,1-9H3,(H7-,68,69,71,72,73,75,76,78,83,86,87,88,89,90)/p+1/t49-,56-,64-,65+,66?,67?/m0/s1. The van der Waals surface area contributed by atoms with Gasteiger partial charge in [0.25, 0.3) is 11.8 Å². The minimum Gasteiger partial charge on any atom is -0.476 e. The number of thiazole rings is 1. The zero-order chi connectivity index (χ0) is 66.6. The van der Waals surface area contributed by atoms with Gasteiger partial charge in [-0.3, -0.25) is 33.6 Å². The smallest absolute Gasteiger partial charge is 0.355 e. The molecule has 494 valence electrons. The van der Waals surface area contributed by atoms with Crippen LogP contribution in [0.15, 0.2) is 85.1 Å². The van der Waals surface area contributed by atoms with Gasteiger partial charge in [0.15, 0.2) is 22.5 Å². The molecule has 1 aliphatic heterocycles. The number of imide groups is 1. The molecule has 0 saturated heterocycles. The summed E-state index contributed by atoms with van der Waals surface area (Å²) in [5.74, 6) is -2.39. The number of carbonyl (C=O) groups excluding carboxylic acids is 6. The molecule has 6 atom stereocenters. The van der Waals surface area contributed by atoms with Gasteiger partial charge in [0.05, 0.1) is 62.5 Å². The zero-order valence-corrected chi connectivity index (χ0v) is 55.3. The summed E-state index contributed by atoms with van der Waals surface area (Å²) in [6.45, 7) is 15.3. The number of hydrogen-bond donors (Lipinski definition) is 7. The molecule has 0 spiro atoms. The summed E-state index contributed by atoms with van der Waals surface area (Å²) < 4.78 is 16.5. The number of aryl methyl sites for hydroxylation is 1. The molecule has 5 aliphatic rings. The molecule has 5 heterocycles. The Morgan fingerprint density at radius 3 is 2.24 bits per heavy atom. The van der Waals surface area contributed by atoms with Crippen LogP contribution in [0.25, 0.3) is 21.3 Å². The van der Waals surface area contributed by atoms with Crippen molar-refractivity contribution < 1.29 is 52.6 Å². The summed E-state index contributed by atoms with van der Waals surface area (Å²) in [4.78, 5) is 101. The van der Waals surface area contributed by atoms with E-state index in [4.69, 9.17) is 20.3 Å². The molecule has 4 aliphatic carbocycles. The highest BCUT2D eigenvalue weighted by molar-refractivity contribution is 7.22. The summed E-state index contributed by atoms with van der Waals surface area (Å²) in [6.07, 6.45) is 10.6. The quantitative estimate of drug-likeness (QED) is 0.0128. The minimum atomic E-state index is -1.15. The first kappa shape index (κ1) is 67.2. The third-order valence-corrected chi connectivity index (χ3v) is 19.4. The molecule has 2 unspecified atom stereocenters. The van der Waals surface area contributed by atoms with Gasteiger partial charge in [-0.15, -0.1) is 10.2 Å². The summed E-state index contributed by atoms with van der Waals surface area (Å²) in [6, 6.07) is 18.3. The molecule has 4 fully saturated rings. The van der Waals surface area contributed by atoms with Crippen LogP contribution in [-0.4, -0.2) is 164 Å². The maximum atomic E-state index is 13.9. The Kier molecular flexibility index (Phi) is 19.8. The molecule has 25 nitrogen and oxygen atoms in total. The van der Waals surface area contributed by atoms with Crippen molar-refractivity contribution in [2.24, 2.45) is 27.9 Å². The fourth-order valence-electron chi connectivity index (χ4n) is 15.2. The third kappa shape index (κ3) is 16.0. The molecule has 7 amide bonds. The van der Waals surface area contributed by atoms with Gasteiger partial charge in [-0.1, -0.05) is 63.3 Å². The number of pyridine rings is 1. The van der Waals surface area contributed by atoms with Gasteiger partial charge in [0.1, 0.15) is 31.0 Å². The van der Waals surface area contributed by atoms with E-state index in [0.717, 1.165) is 77.0 Å². The minimum absolute atomic E-state index is 0.0111. The number of quaternary nitrogens is 1.